The van der Waals surface area contributed by atoms with Crippen LogP contribution in [0.25, 0.3) is 0 Å². The first kappa shape index (κ1) is 39.0. The van der Waals surface area contributed by atoms with Crippen molar-refractivity contribution in [2.45, 2.75) is 160 Å². The number of nitrogens with zero attached hydrogens (tertiary/aromatic N) is 1. The molecule has 13 atom stereocenters. The summed E-state index contributed by atoms with van der Waals surface area (Å²) >= 11 is 0. The number of esters is 1. The summed E-state index contributed by atoms with van der Waals surface area (Å²) in [5.74, 6) is -2.14. The number of methoxy groups -OCH3 is 1. The number of aliphatic hydroxyl groups is 1. The van der Waals surface area contributed by atoms with Crippen LogP contribution >= 0.6 is 0 Å². The van der Waals surface area contributed by atoms with Crippen molar-refractivity contribution in [2.24, 2.45) is 23.7 Å². The Kier molecular flexibility index (Phi) is 13.0. The van der Waals surface area contributed by atoms with Gasteiger partial charge in [-0.05, 0) is 85.9 Å². The van der Waals surface area contributed by atoms with Crippen LogP contribution in [0.2, 0.25) is 0 Å². The molecular formula is C36H63N3O9. The van der Waals surface area contributed by atoms with E-state index in [9.17, 15) is 19.5 Å². The number of carbonyl (C=O) groups excluding carboxylic acids is 3. The van der Waals surface area contributed by atoms with E-state index in [1.165, 1.54) is 19.3 Å². The van der Waals surface area contributed by atoms with Crippen LogP contribution < -0.4 is 10.6 Å². The Bertz CT molecular complexity index is 1120. The number of fused-ring (bicyclic) bond motifs is 1. The molecule has 4 fully saturated rings. The SMILES string of the molecule is CC[C@H]1OC(=O)[C@H](C)C(=O)[C@H](C)[C@@H](O[C@@H]2OC(CCCC3CC3)CC(N(C)C)C2O)[C@](C)(OC)C[C@@H](C)CN[C@H](C)[C@H]2NC(=O)O[C@@]21C. The first-order chi connectivity index (χ1) is 22.5. The van der Waals surface area contributed by atoms with Crippen LogP contribution in [0.5, 0.6) is 0 Å². The van der Waals surface area contributed by atoms with E-state index in [1.54, 1.807) is 27.9 Å². The zero-order chi connectivity index (χ0) is 35.6. The van der Waals surface area contributed by atoms with Crippen LogP contribution in [-0.2, 0) is 33.3 Å². The predicted octanol–water partition coefficient (Wildman–Crippen LogP) is 3.81. The highest BCUT2D eigenvalue weighted by Gasteiger charge is 2.55. The molecule has 3 heterocycles. The summed E-state index contributed by atoms with van der Waals surface area (Å²) in [7, 11) is 5.50. The van der Waals surface area contributed by atoms with E-state index in [2.05, 4.69) is 17.6 Å². The smallest absolute Gasteiger partial charge is 0.408 e. The number of hydrogen-bond donors (Lipinski definition) is 3. The third-order valence-corrected chi connectivity index (χ3v) is 11.5. The molecule has 0 aromatic rings. The maximum Gasteiger partial charge on any atom is 0.408 e. The number of alkyl carbamates (subject to hydrolysis) is 1. The van der Waals surface area contributed by atoms with Crippen molar-refractivity contribution < 1.29 is 43.2 Å². The van der Waals surface area contributed by atoms with Gasteiger partial charge in [0.2, 0.25) is 0 Å². The van der Waals surface area contributed by atoms with Crippen molar-refractivity contribution in [2.75, 3.05) is 27.7 Å². The third kappa shape index (κ3) is 8.72. The summed E-state index contributed by atoms with van der Waals surface area (Å²) in [5, 5.41) is 18.1. The van der Waals surface area contributed by atoms with Crippen molar-refractivity contribution in [1.29, 1.82) is 0 Å². The average Bonchev–Trinajstić information content (AvgIpc) is 3.81. The van der Waals surface area contributed by atoms with E-state index in [1.807, 2.05) is 39.8 Å². The van der Waals surface area contributed by atoms with E-state index >= 15 is 0 Å². The molecule has 0 bridgehead atoms. The minimum absolute atomic E-state index is 0.0411. The van der Waals surface area contributed by atoms with E-state index in [0.29, 0.717) is 25.8 Å². The van der Waals surface area contributed by atoms with Gasteiger partial charge in [-0.15, -0.1) is 0 Å². The van der Waals surface area contributed by atoms with Crippen LogP contribution in [-0.4, -0.2) is 116 Å². The standard InChI is InChI=1S/C36H63N3O9/c1-11-27-36(7)30(38-34(43)48-36)23(5)37-19-20(2)18-35(6,44-10)31(21(3)28(40)22(4)32(42)46-27)47-33-29(41)26(39(8)9)17-25(45-33)14-12-13-24-15-16-24/h20-27,29-31,33,37,41H,11-19H2,1-10H3,(H,38,43)/t20-,21+,22-,23-,25?,26?,27-,29?,30-,31-,33+,35-,36-/m1/s1. The normalized spacial score (nSPS) is 43.5. The third-order valence-electron chi connectivity index (χ3n) is 11.5. The predicted molar refractivity (Wildman–Crippen MR) is 180 cm³/mol. The largest absolute Gasteiger partial charge is 0.458 e. The fourth-order valence-corrected chi connectivity index (χ4v) is 8.25. The van der Waals surface area contributed by atoms with Gasteiger partial charge in [0, 0.05) is 25.1 Å². The Morgan fingerprint density at radius 3 is 2.35 bits per heavy atom. The molecule has 12 nitrogen and oxygen atoms in total. The maximum atomic E-state index is 14.2. The Hall–Kier alpha value is -1.83. The molecular weight excluding hydrogens is 618 g/mol. The molecule has 3 unspecified atom stereocenters. The second kappa shape index (κ2) is 16.0. The van der Waals surface area contributed by atoms with E-state index in [0.717, 1.165) is 18.8 Å². The molecule has 0 radical (unpaired) electrons. The number of carbonyl (C=O) groups is 3. The number of amides is 1. The molecule has 3 saturated heterocycles. The summed E-state index contributed by atoms with van der Waals surface area (Å²) in [4.78, 5) is 42.4. The zero-order valence-electron chi connectivity index (χ0n) is 31.0. The number of likely N-dealkylation sites (N-methyl/N-ethyl adjacent to an activating group) is 1. The van der Waals surface area contributed by atoms with Crippen LogP contribution in [0.3, 0.4) is 0 Å². The van der Waals surface area contributed by atoms with Gasteiger partial charge in [-0.25, -0.2) is 4.79 Å². The molecule has 4 rings (SSSR count). The molecule has 12 heteroatoms. The van der Waals surface area contributed by atoms with Crippen LogP contribution in [0, 0.1) is 23.7 Å². The Labute approximate surface area is 287 Å². The monoisotopic (exact) mass is 681 g/mol. The van der Waals surface area contributed by atoms with Crippen molar-refractivity contribution in [1.82, 2.24) is 15.5 Å². The molecule has 3 N–H and O–H groups in total. The minimum atomic E-state index is -1.15. The van der Waals surface area contributed by atoms with Crippen molar-refractivity contribution >= 4 is 17.8 Å². The van der Waals surface area contributed by atoms with Gasteiger partial charge >= 0.3 is 12.1 Å². The van der Waals surface area contributed by atoms with Gasteiger partial charge in [0.25, 0.3) is 0 Å². The van der Waals surface area contributed by atoms with Gasteiger partial charge in [-0.2, -0.15) is 0 Å². The fourth-order valence-electron chi connectivity index (χ4n) is 8.25. The molecule has 0 aromatic carbocycles. The molecule has 3 aliphatic heterocycles. The van der Waals surface area contributed by atoms with Crippen LogP contribution in [0.15, 0.2) is 0 Å². The Balaban J connectivity index is 1.65. The zero-order valence-corrected chi connectivity index (χ0v) is 31.0. The number of ether oxygens (including phenoxy) is 5. The summed E-state index contributed by atoms with van der Waals surface area (Å²) < 4.78 is 31.2. The number of hydrogen-bond acceptors (Lipinski definition) is 11. The summed E-state index contributed by atoms with van der Waals surface area (Å²) in [6.07, 6.45) is 3.04. The number of aliphatic hydroxyl groups excluding tert-OH is 1. The van der Waals surface area contributed by atoms with Gasteiger partial charge in [0.1, 0.15) is 18.1 Å². The average molecular weight is 682 g/mol. The topological polar surface area (TPSA) is 145 Å². The second-order valence-electron chi connectivity index (χ2n) is 15.8. The van der Waals surface area contributed by atoms with Gasteiger partial charge < -0.3 is 44.3 Å². The lowest BCUT2D eigenvalue weighted by molar-refractivity contribution is -0.298. The molecule has 0 aromatic heterocycles. The summed E-state index contributed by atoms with van der Waals surface area (Å²) in [6, 6.07) is -0.905. The summed E-state index contributed by atoms with van der Waals surface area (Å²) in [6.45, 7) is 13.5. The maximum absolute atomic E-state index is 14.2. The van der Waals surface area contributed by atoms with Crippen molar-refractivity contribution in [3.05, 3.63) is 0 Å². The van der Waals surface area contributed by atoms with Crippen molar-refractivity contribution in [3.8, 4) is 0 Å². The molecule has 1 amide bonds. The molecule has 4 aliphatic rings. The first-order valence-corrected chi connectivity index (χ1v) is 18.2. The molecule has 276 valence electrons. The highest BCUT2D eigenvalue weighted by Crippen LogP contribution is 2.39. The van der Waals surface area contributed by atoms with Gasteiger partial charge in [0.15, 0.2) is 17.7 Å². The molecule has 0 spiro atoms. The first-order valence-electron chi connectivity index (χ1n) is 18.2. The lowest BCUT2D eigenvalue weighted by Gasteiger charge is -2.47. The minimum Gasteiger partial charge on any atom is -0.458 e. The van der Waals surface area contributed by atoms with Gasteiger partial charge in [0.05, 0.1) is 23.9 Å². The van der Waals surface area contributed by atoms with E-state index in [4.69, 9.17) is 23.7 Å². The lowest BCUT2D eigenvalue weighted by atomic mass is 9.78. The van der Waals surface area contributed by atoms with E-state index < -0.39 is 65.7 Å². The molecule has 1 saturated carbocycles. The highest BCUT2D eigenvalue weighted by atomic mass is 16.7. The highest BCUT2D eigenvalue weighted by molar-refractivity contribution is 6.00. The molecule has 1 aliphatic carbocycles. The number of Topliss-reactive ketones (excluding diaryl/α,β-unsaturated/α-hetero) is 1. The van der Waals surface area contributed by atoms with E-state index in [-0.39, 0.29) is 29.9 Å². The quantitative estimate of drug-likeness (QED) is 0.241. The van der Waals surface area contributed by atoms with Crippen LogP contribution in [0.4, 0.5) is 4.79 Å². The number of cyclic esters (lactones) is 1. The van der Waals surface area contributed by atoms with Crippen LogP contribution in [0.1, 0.15) is 99.8 Å². The number of ketones is 1. The number of rotatable bonds is 9. The Morgan fingerprint density at radius 2 is 1.75 bits per heavy atom. The van der Waals surface area contributed by atoms with Gasteiger partial charge in [-0.3, -0.25) is 9.59 Å². The Morgan fingerprint density at radius 1 is 1.06 bits per heavy atom. The number of nitrogens with one attached hydrogen (secondary N) is 2. The molecule has 48 heavy (non-hydrogen) atoms. The van der Waals surface area contributed by atoms with Gasteiger partial charge in [-0.1, -0.05) is 46.5 Å². The lowest BCUT2D eigenvalue weighted by Crippen LogP contribution is -2.60. The second-order valence-corrected chi connectivity index (χ2v) is 15.8. The van der Waals surface area contributed by atoms with Crippen molar-refractivity contribution in [3.63, 3.8) is 0 Å². The summed E-state index contributed by atoms with van der Waals surface area (Å²) in [5.41, 5.74) is -2.14. The fraction of sp³-hybridized carbons (Fsp3) is 0.917.